The molecule has 162 valence electrons. The van der Waals surface area contributed by atoms with Crippen LogP contribution in [0.15, 0.2) is 24.5 Å². The van der Waals surface area contributed by atoms with Crippen LogP contribution in [-0.2, 0) is 16.1 Å². The number of nitrogens with one attached hydrogen (secondary N) is 1. The number of hydrogen-bond donors (Lipinski definition) is 2. The normalized spacial score (nSPS) is 18.5. The van der Waals surface area contributed by atoms with Crippen LogP contribution in [0.4, 0.5) is 0 Å². The summed E-state index contributed by atoms with van der Waals surface area (Å²) < 4.78 is 1.51. The number of carbonyl (C=O) groups is 2. The fourth-order valence-electron chi connectivity index (χ4n) is 4.04. The number of rotatable bonds is 7. The number of halogens is 1. The molecule has 1 unspecified atom stereocenters. The first kappa shape index (κ1) is 22.2. The van der Waals surface area contributed by atoms with E-state index < -0.39 is 11.6 Å². The maximum atomic E-state index is 13.0. The predicted molar refractivity (Wildman–Crippen MR) is 113 cm³/mol. The third-order valence-electron chi connectivity index (χ3n) is 5.23. The maximum absolute atomic E-state index is 13.0. The summed E-state index contributed by atoms with van der Waals surface area (Å²) in [7, 11) is 0. The van der Waals surface area contributed by atoms with Crippen molar-refractivity contribution in [3.05, 3.63) is 35.1 Å². The fraction of sp³-hybridized carbons (Fsp3) is 0.550. The Labute approximate surface area is 180 Å². The average Bonchev–Trinajstić information content (AvgIpc) is 3.36. The number of nitrogens with two attached hydrogens (primary N) is 1. The van der Waals surface area contributed by atoms with Gasteiger partial charge in [-0.15, -0.1) is 5.10 Å². The van der Waals surface area contributed by atoms with Gasteiger partial charge in [0.15, 0.2) is 0 Å². The van der Waals surface area contributed by atoms with Gasteiger partial charge in [-0.25, -0.2) is 4.68 Å². The third kappa shape index (κ3) is 4.96. The molecule has 1 saturated heterocycles. The van der Waals surface area contributed by atoms with Crippen molar-refractivity contribution in [3.63, 3.8) is 0 Å². The van der Waals surface area contributed by atoms with Crippen LogP contribution < -0.4 is 11.1 Å². The van der Waals surface area contributed by atoms with Gasteiger partial charge < -0.3 is 16.0 Å². The molecule has 30 heavy (non-hydrogen) atoms. The van der Waals surface area contributed by atoms with Crippen LogP contribution >= 0.6 is 11.6 Å². The van der Waals surface area contributed by atoms with Crippen molar-refractivity contribution < 1.29 is 9.59 Å². The smallest absolute Gasteiger partial charge is 0.243 e. The summed E-state index contributed by atoms with van der Waals surface area (Å²) in [5, 5.41) is 14.7. The van der Waals surface area contributed by atoms with E-state index in [1.807, 2.05) is 13.8 Å². The molecule has 10 heteroatoms. The van der Waals surface area contributed by atoms with E-state index in [4.69, 9.17) is 17.3 Å². The highest BCUT2D eigenvalue weighted by atomic mass is 35.5. The lowest BCUT2D eigenvalue weighted by Crippen LogP contribution is -2.57. The molecule has 2 amide bonds. The SMILES string of the molecule is CC(C)CC(C)(N)C(=O)N1CCC[C@H]1C(=O)NCc1cc(Cl)ccc1-n1cnnn1. The van der Waals surface area contributed by atoms with Crippen molar-refractivity contribution in [1.82, 2.24) is 30.4 Å². The summed E-state index contributed by atoms with van der Waals surface area (Å²) in [5.41, 5.74) is 6.80. The number of tetrazole rings is 1. The van der Waals surface area contributed by atoms with Crippen molar-refractivity contribution in [2.45, 2.75) is 58.2 Å². The zero-order valence-electron chi connectivity index (χ0n) is 17.5. The summed E-state index contributed by atoms with van der Waals surface area (Å²) in [6.45, 7) is 6.57. The molecule has 1 aromatic heterocycles. The molecular formula is C20H28ClN7O2. The second-order valence-electron chi connectivity index (χ2n) is 8.42. The maximum Gasteiger partial charge on any atom is 0.243 e. The monoisotopic (exact) mass is 433 g/mol. The number of benzene rings is 1. The summed E-state index contributed by atoms with van der Waals surface area (Å²) in [5.74, 6) is -0.0961. The lowest BCUT2D eigenvalue weighted by Gasteiger charge is -2.33. The lowest BCUT2D eigenvalue weighted by molar-refractivity contribution is -0.142. The highest BCUT2D eigenvalue weighted by molar-refractivity contribution is 6.30. The van der Waals surface area contributed by atoms with Gasteiger partial charge in [0.05, 0.1) is 11.2 Å². The first-order valence-corrected chi connectivity index (χ1v) is 10.5. The van der Waals surface area contributed by atoms with Crippen molar-refractivity contribution in [2.24, 2.45) is 11.7 Å². The molecule has 1 aromatic carbocycles. The van der Waals surface area contributed by atoms with E-state index in [1.165, 1.54) is 11.0 Å². The van der Waals surface area contributed by atoms with Gasteiger partial charge in [0.25, 0.3) is 0 Å². The van der Waals surface area contributed by atoms with Gasteiger partial charge in [-0.1, -0.05) is 25.4 Å². The number of hydrogen-bond acceptors (Lipinski definition) is 6. The minimum absolute atomic E-state index is 0.175. The Morgan fingerprint density at radius 1 is 1.40 bits per heavy atom. The second kappa shape index (κ2) is 9.09. The van der Waals surface area contributed by atoms with Crippen LogP contribution in [-0.4, -0.2) is 55.0 Å². The van der Waals surface area contributed by atoms with Crippen molar-refractivity contribution in [2.75, 3.05) is 6.54 Å². The molecule has 3 N–H and O–H groups in total. The molecule has 0 aliphatic carbocycles. The van der Waals surface area contributed by atoms with E-state index >= 15 is 0 Å². The molecule has 0 radical (unpaired) electrons. The molecule has 0 bridgehead atoms. The van der Waals surface area contributed by atoms with E-state index in [9.17, 15) is 9.59 Å². The quantitative estimate of drug-likeness (QED) is 0.685. The van der Waals surface area contributed by atoms with E-state index in [0.717, 1.165) is 17.7 Å². The van der Waals surface area contributed by atoms with E-state index in [-0.39, 0.29) is 24.3 Å². The molecular weight excluding hydrogens is 406 g/mol. The van der Waals surface area contributed by atoms with E-state index in [0.29, 0.717) is 24.4 Å². The van der Waals surface area contributed by atoms with Crippen LogP contribution in [0.5, 0.6) is 0 Å². The third-order valence-corrected chi connectivity index (χ3v) is 5.46. The zero-order chi connectivity index (χ0) is 21.9. The average molecular weight is 434 g/mol. The van der Waals surface area contributed by atoms with Gasteiger partial charge in [0.2, 0.25) is 11.8 Å². The van der Waals surface area contributed by atoms with Crippen molar-refractivity contribution in [1.29, 1.82) is 0 Å². The number of carbonyl (C=O) groups excluding carboxylic acids is 2. The highest BCUT2D eigenvalue weighted by Crippen LogP contribution is 2.25. The van der Waals surface area contributed by atoms with Gasteiger partial charge >= 0.3 is 0 Å². The molecule has 0 spiro atoms. The second-order valence-corrected chi connectivity index (χ2v) is 8.85. The van der Waals surface area contributed by atoms with Crippen LogP contribution in [0.3, 0.4) is 0 Å². The Hall–Kier alpha value is -2.52. The fourth-order valence-corrected chi connectivity index (χ4v) is 4.23. The van der Waals surface area contributed by atoms with Gasteiger partial charge in [0, 0.05) is 18.1 Å². The zero-order valence-corrected chi connectivity index (χ0v) is 18.3. The van der Waals surface area contributed by atoms with Crippen molar-refractivity contribution in [3.8, 4) is 5.69 Å². The minimum Gasteiger partial charge on any atom is -0.350 e. The number of aromatic nitrogens is 4. The molecule has 9 nitrogen and oxygen atoms in total. The Balaban J connectivity index is 1.71. The first-order chi connectivity index (χ1) is 14.2. The van der Waals surface area contributed by atoms with Crippen LogP contribution in [0.1, 0.15) is 45.6 Å². The Morgan fingerprint density at radius 2 is 2.17 bits per heavy atom. The number of nitrogens with zero attached hydrogens (tertiary/aromatic N) is 5. The van der Waals surface area contributed by atoms with Gasteiger partial charge in [-0.05, 0) is 66.3 Å². The van der Waals surface area contributed by atoms with Crippen LogP contribution in [0, 0.1) is 5.92 Å². The van der Waals surface area contributed by atoms with Crippen molar-refractivity contribution >= 4 is 23.4 Å². The van der Waals surface area contributed by atoms with Crippen LogP contribution in [0.25, 0.3) is 5.69 Å². The Bertz CT molecular complexity index is 899. The van der Waals surface area contributed by atoms with Gasteiger partial charge in [0.1, 0.15) is 12.4 Å². The van der Waals surface area contributed by atoms with Crippen LogP contribution in [0.2, 0.25) is 5.02 Å². The molecule has 0 saturated carbocycles. The summed E-state index contributed by atoms with van der Waals surface area (Å²) in [6, 6.07) is 4.76. The minimum atomic E-state index is -0.989. The highest BCUT2D eigenvalue weighted by Gasteiger charge is 2.41. The molecule has 3 rings (SSSR count). The standard InChI is InChI=1S/C20H28ClN7O2/c1-13(2)10-20(3,22)19(30)27-8-4-5-17(27)18(29)23-11-14-9-15(21)6-7-16(14)28-12-24-25-26-28/h6-7,9,12-13,17H,4-5,8,10-11,22H2,1-3H3,(H,23,29)/t17-,20?/m0/s1. The predicted octanol–water partition coefficient (Wildman–Crippen LogP) is 1.69. The first-order valence-electron chi connectivity index (χ1n) is 10.1. The summed E-state index contributed by atoms with van der Waals surface area (Å²) in [4.78, 5) is 27.6. The molecule has 2 aromatic rings. The molecule has 2 atom stereocenters. The topological polar surface area (TPSA) is 119 Å². The largest absolute Gasteiger partial charge is 0.350 e. The van der Waals surface area contributed by atoms with Gasteiger partial charge in [-0.3, -0.25) is 9.59 Å². The molecule has 1 aliphatic heterocycles. The molecule has 2 heterocycles. The molecule has 1 aliphatic rings. The van der Waals surface area contributed by atoms with E-state index in [1.54, 1.807) is 30.0 Å². The number of likely N-dealkylation sites (tertiary alicyclic amines) is 1. The van der Waals surface area contributed by atoms with Gasteiger partial charge in [-0.2, -0.15) is 0 Å². The lowest BCUT2D eigenvalue weighted by atomic mass is 9.90. The Morgan fingerprint density at radius 3 is 2.83 bits per heavy atom. The molecule has 1 fully saturated rings. The summed E-state index contributed by atoms with van der Waals surface area (Å²) >= 11 is 6.14. The summed E-state index contributed by atoms with van der Waals surface area (Å²) in [6.07, 6.45) is 3.43. The van der Waals surface area contributed by atoms with E-state index in [2.05, 4.69) is 20.8 Å². The Kier molecular flexibility index (Phi) is 6.72. The number of amides is 2.